The number of carbonyl (C=O) groups is 1. The fraction of sp³-hybridized carbons (Fsp3) is 0.333. The van der Waals surface area contributed by atoms with Gasteiger partial charge in [-0.3, -0.25) is 0 Å². The molecule has 0 aliphatic heterocycles. The molecule has 2 heterocycles. The van der Waals surface area contributed by atoms with Crippen molar-refractivity contribution in [1.82, 2.24) is 14.6 Å². The fourth-order valence-electron chi connectivity index (χ4n) is 3.68. The van der Waals surface area contributed by atoms with Crippen molar-refractivity contribution in [1.29, 1.82) is 5.26 Å². The predicted molar refractivity (Wildman–Crippen MR) is 103 cm³/mol. The molecule has 2 aromatic heterocycles. The largest absolute Gasteiger partial charge is 0.462 e. The van der Waals surface area contributed by atoms with Gasteiger partial charge in [-0.2, -0.15) is 10.4 Å². The van der Waals surface area contributed by atoms with Crippen LogP contribution in [0.15, 0.2) is 12.1 Å². The maximum absolute atomic E-state index is 12.3. The predicted octanol–water partition coefficient (Wildman–Crippen LogP) is 3.99. The summed E-state index contributed by atoms with van der Waals surface area (Å²) in [5.74, 6) is -0.557. The average Bonchev–Trinajstić information content (AvgIpc) is 2.89. The van der Waals surface area contributed by atoms with Gasteiger partial charge in [-0.1, -0.05) is 17.7 Å². The molecule has 3 aromatic rings. The second-order valence-corrected chi connectivity index (χ2v) is 6.72. The number of fused-ring (bicyclic) bond motifs is 1. The minimum absolute atomic E-state index is 0.146. The number of aryl methyl sites for hydroxylation is 5. The first-order chi connectivity index (χ1) is 12.8. The fourth-order valence-corrected chi connectivity index (χ4v) is 3.68. The van der Waals surface area contributed by atoms with Crippen molar-refractivity contribution in [3.63, 3.8) is 0 Å². The SMILES string of the molecule is CCOC(=O)c1c(C)nc2c(-c3c(C)cc(C)cc3C)c(C)nn2c1C#N. The first kappa shape index (κ1) is 18.6. The summed E-state index contributed by atoms with van der Waals surface area (Å²) in [7, 11) is 0. The van der Waals surface area contributed by atoms with E-state index in [1.807, 2.05) is 6.92 Å². The molecule has 6 nitrogen and oxygen atoms in total. The molecule has 0 spiro atoms. The van der Waals surface area contributed by atoms with Gasteiger partial charge in [0.1, 0.15) is 11.6 Å². The zero-order chi connectivity index (χ0) is 19.9. The Balaban J connectivity index is 2.40. The minimum atomic E-state index is -0.557. The van der Waals surface area contributed by atoms with Crippen LogP contribution in [0.1, 0.15) is 51.1 Å². The van der Waals surface area contributed by atoms with Crippen molar-refractivity contribution < 1.29 is 9.53 Å². The van der Waals surface area contributed by atoms with Gasteiger partial charge in [0.25, 0.3) is 0 Å². The van der Waals surface area contributed by atoms with E-state index in [0.717, 1.165) is 27.9 Å². The summed E-state index contributed by atoms with van der Waals surface area (Å²) in [5, 5.41) is 14.3. The number of ether oxygens (including phenoxy) is 1. The summed E-state index contributed by atoms with van der Waals surface area (Å²) in [6.45, 7) is 11.7. The number of hydrogen-bond acceptors (Lipinski definition) is 5. The Bertz CT molecular complexity index is 1100. The second kappa shape index (κ2) is 6.84. The van der Waals surface area contributed by atoms with E-state index >= 15 is 0 Å². The Kier molecular flexibility index (Phi) is 4.71. The zero-order valence-electron chi connectivity index (χ0n) is 16.5. The third-order valence-electron chi connectivity index (χ3n) is 4.63. The van der Waals surface area contributed by atoms with E-state index in [2.05, 4.69) is 49.1 Å². The van der Waals surface area contributed by atoms with E-state index in [9.17, 15) is 10.1 Å². The Hall–Kier alpha value is -3.20. The Morgan fingerprint density at radius 2 is 1.74 bits per heavy atom. The molecule has 0 unspecified atom stereocenters. The van der Waals surface area contributed by atoms with Crippen LogP contribution in [0.5, 0.6) is 0 Å². The molecule has 0 N–H and O–H groups in total. The van der Waals surface area contributed by atoms with Gasteiger partial charge in [0.15, 0.2) is 11.3 Å². The molecular formula is C21H22N4O2. The van der Waals surface area contributed by atoms with Gasteiger partial charge in [0.05, 0.1) is 23.6 Å². The normalized spacial score (nSPS) is 10.9. The number of nitrogens with zero attached hydrogens (tertiary/aromatic N) is 4. The Labute approximate surface area is 158 Å². The molecule has 0 atom stereocenters. The van der Waals surface area contributed by atoms with E-state index in [1.165, 1.54) is 10.1 Å². The van der Waals surface area contributed by atoms with Gasteiger partial charge in [0.2, 0.25) is 0 Å². The van der Waals surface area contributed by atoms with Crippen LogP contribution < -0.4 is 0 Å². The summed E-state index contributed by atoms with van der Waals surface area (Å²) < 4.78 is 6.56. The van der Waals surface area contributed by atoms with Gasteiger partial charge in [0, 0.05) is 0 Å². The van der Waals surface area contributed by atoms with Crippen LogP contribution in [-0.4, -0.2) is 27.2 Å². The molecular weight excluding hydrogens is 340 g/mol. The van der Waals surface area contributed by atoms with Gasteiger partial charge in [-0.05, 0) is 58.2 Å². The van der Waals surface area contributed by atoms with Crippen LogP contribution in [-0.2, 0) is 4.74 Å². The lowest BCUT2D eigenvalue weighted by Crippen LogP contribution is -2.14. The molecule has 1 aromatic carbocycles. The molecule has 27 heavy (non-hydrogen) atoms. The minimum Gasteiger partial charge on any atom is -0.462 e. The maximum atomic E-state index is 12.3. The lowest BCUT2D eigenvalue weighted by atomic mass is 9.94. The van der Waals surface area contributed by atoms with Crippen LogP contribution in [0.25, 0.3) is 16.8 Å². The third-order valence-corrected chi connectivity index (χ3v) is 4.63. The van der Waals surface area contributed by atoms with Gasteiger partial charge in [-0.25, -0.2) is 14.3 Å². The summed E-state index contributed by atoms with van der Waals surface area (Å²) in [6, 6.07) is 6.35. The lowest BCUT2D eigenvalue weighted by Gasteiger charge is -2.12. The van der Waals surface area contributed by atoms with Crippen molar-refractivity contribution in [2.75, 3.05) is 6.61 Å². The number of rotatable bonds is 3. The lowest BCUT2D eigenvalue weighted by molar-refractivity contribution is 0.0523. The number of benzene rings is 1. The number of esters is 1. The Morgan fingerprint density at radius 1 is 1.11 bits per heavy atom. The van der Waals surface area contributed by atoms with Crippen molar-refractivity contribution >= 4 is 11.6 Å². The monoisotopic (exact) mass is 362 g/mol. The number of hydrogen-bond donors (Lipinski definition) is 0. The summed E-state index contributed by atoms with van der Waals surface area (Å²) in [6.07, 6.45) is 0. The summed E-state index contributed by atoms with van der Waals surface area (Å²) in [5.41, 5.74) is 7.49. The highest BCUT2D eigenvalue weighted by Crippen LogP contribution is 2.34. The first-order valence-electron chi connectivity index (χ1n) is 8.85. The van der Waals surface area contributed by atoms with Crippen LogP contribution >= 0.6 is 0 Å². The number of carbonyl (C=O) groups excluding carboxylic acids is 1. The van der Waals surface area contributed by atoms with E-state index in [4.69, 9.17) is 4.74 Å². The van der Waals surface area contributed by atoms with E-state index in [1.54, 1.807) is 13.8 Å². The number of nitriles is 1. The first-order valence-corrected chi connectivity index (χ1v) is 8.85. The molecule has 138 valence electrons. The molecule has 6 heteroatoms. The molecule has 0 aliphatic carbocycles. The highest BCUT2D eigenvalue weighted by molar-refractivity contribution is 5.94. The molecule has 0 aliphatic rings. The van der Waals surface area contributed by atoms with Crippen molar-refractivity contribution in [3.8, 4) is 17.2 Å². The van der Waals surface area contributed by atoms with Crippen LogP contribution in [0, 0.1) is 45.9 Å². The van der Waals surface area contributed by atoms with Crippen LogP contribution in [0.4, 0.5) is 0 Å². The highest BCUT2D eigenvalue weighted by Gasteiger charge is 2.25. The molecule has 0 saturated heterocycles. The molecule has 0 fully saturated rings. The average molecular weight is 362 g/mol. The number of aromatic nitrogens is 3. The van der Waals surface area contributed by atoms with Gasteiger partial charge >= 0.3 is 5.97 Å². The molecule has 3 rings (SSSR count). The van der Waals surface area contributed by atoms with Crippen molar-refractivity contribution in [2.24, 2.45) is 0 Å². The zero-order valence-corrected chi connectivity index (χ0v) is 16.5. The van der Waals surface area contributed by atoms with E-state index < -0.39 is 5.97 Å². The Morgan fingerprint density at radius 3 is 2.30 bits per heavy atom. The highest BCUT2D eigenvalue weighted by atomic mass is 16.5. The quantitative estimate of drug-likeness (QED) is 0.658. The summed E-state index contributed by atoms with van der Waals surface area (Å²) >= 11 is 0. The molecule has 0 radical (unpaired) electrons. The smallest absolute Gasteiger partial charge is 0.342 e. The molecule has 0 saturated carbocycles. The van der Waals surface area contributed by atoms with E-state index in [0.29, 0.717) is 11.3 Å². The van der Waals surface area contributed by atoms with Crippen LogP contribution in [0.2, 0.25) is 0 Å². The maximum Gasteiger partial charge on any atom is 0.342 e. The molecule has 0 bridgehead atoms. The third kappa shape index (κ3) is 2.95. The van der Waals surface area contributed by atoms with Crippen LogP contribution in [0.3, 0.4) is 0 Å². The van der Waals surface area contributed by atoms with Crippen molar-refractivity contribution in [3.05, 3.63) is 51.5 Å². The second-order valence-electron chi connectivity index (χ2n) is 6.72. The van der Waals surface area contributed by atoms with Gasteiger partial charge < -0.3 is 4.74 Å². The summed E-state index contributed by atoms with van der Waals surface area (Å²) in [4.78, 5) is 17.0. The molecule has 0 amide bonds. The topological polar surface area (TPSA) is 80.3 Å². The van der Waals surface area contributed by atoms with E-state index in [-0.39, 0.29) is 17.9 Å². The van der Waals surface area contributed by atoms with Crippen molar-refractivity contribution in [2.45, 2.75) is 41.5 Å². The van der Waals surface area contributed by atoms with Gasteiger partial charge in [-0.15, -0.1) is 0 Å². The standard InChI is InChI=1S/C21H22N4O2/c1-7-27-21(26)18-14(5)23-20-19(15(6)24-25(20)16(18)10-22)17-12(3)8-11(2)9-13(17)4/h8-9H,7H2,1-6H3.